The molecule has 1 unspecified atom stereocenters. The first kappa shape index (κ1) is 11.0. The number of hydrogen-bond donors (Lipinski definition) is 1. The number of hydrogen-bond acceptors (Lipinski definition) is 4. The molecule has 0 fully saturated rings. The SMILES string of the molecule is CNC1CCCc2sc(CN(C)C)nc21. The third kappa shape index (κ3) is 2.38. The maximum Gasteiger partial charge on any atom is 0.107 e. The van der Waals surface area contributed by atoms with E-state index < -0.39 is 0 Å². The molecule has 1 aliphatic rings. The van der Waals surface area contributed by atoms with E-state index in [9.17, 15) is 0 Å². The van der Waals surface area contributed by atoms with E-state index in [2.05, 4.69) is 24.3 Å². The monoisotopic (exact) mass is 225 g/mol. The molecule has 2 rings (SSSR count). The highest BCUT2D eigenvalue weighted by atomic mass is 32.1. The molecule has 0 saturated heterocycles. The van der Waals surface area contributed by atoms with Gasteiger partial charge in [0.2, 0.25) is 0 Å². The number of nitrogens with zero attached hydrogens (tertiary/aromatic N) is 2. The molecule has 0 spiro atoms. The molecule has 1 aromatic rings. The predicted molar refractivity (Wildman–Crippen MR) is 64.2 cm³/mol. The number of nitrogens with one attached hydrogen (secondary N) is 1. The lowest BCUT2D eigenvalue weighted by molar-refractivity contribution is 0.400. The molecule has 1 atom stereocenters. The van der Waals surface area contributed by atoms with E-state index in [1.807, 2.05) is 18.4 Å². The van der Waals surface area contributed by atoms with Gasteiger partial charge in [0.1, 0.15) is 5.01 Å². The van der Waals surface area contributed by atoms with Crippen LogP contribution in [0.4, 0.5) is 0 Å². The van der Waals surface area contributed by atoms with Crippen LogP contribution in [0.1, 0.15) is 34.5 Å². The third-order valence-electron chi connectivity index (χ3n) is 2.80. The molecule has 0 aromatic carbocycles. The van der Waals surface area contributed by atoms with Crippen molar-refractivity contribution in [3.8, 4) is 0 Å². The van der Waals surface area contributed by atoms with E-state index in [0.29, 0.717) is 6.04 Å². The lowest BCUT2D eigenvalue weighted by Crippen LogP contribution is -2.21. The fourth-order valence-electron chi connectivity index (χ4n) is 2.09. The molecule has 0 aliphatic heterocycles. The normalized spacial score (nSPS) is 20.7. The van der Waals surface area contributed by atoms with Gasteiger partial charge in [0, 0.05) is 11.4 Å². The van der Waals surface area contributed by atoms with Gasteiger partial charge < -0.3 is 10.2 Å². The predicted octanol–water partition coefficient (Wildman–Crippen LogP) is 1.80. The second-order valence-electron chi connectivity index (χ2n) is 4.39. The Balaban J connectivity index is 2.21. The van der Waals surface area contributed by atoms with Crippen LogP contribution in [0.3, 0.4) is 0 Å². The Morgan fingerprint density at radius 3 is 3.00 bits per heavy atom. The van der Waals surface area contributed by atoms with Gasteiger partial charge in [0.25, 0.3) is 0 Å². The summed E-state index contributed by atoms with van der Waals surface area (Å²) in [6.45, 7) is 0.966. The second kappa shape index (κ2) is 4.60. The van der Waals surface area contributed by atoms with Crippen LogP contribution >= 0.6 is 11.3 Å². The van der Waals surface area contributed by atoms with Crippen molar-refractivity contribution in [1.29, 1.82) is 0 Å². The number of fused-ring (bicyclic) bond motifs is 1. The van der Waals surface area contributed by atoms with Gasteiger partial charge in [-0.15, -0.1) is 11.3 Å². The molecule has 0 amide bonds. The summed E-state index contributed by atoms with van der Waals surface area (Å²) < 4.78 is 0. The van der Waals surface area contributed by atoms with Crippen molar-refractivity contribution < 1.29 is 0 Å². The summed E-state index contributed by atoms with van der Waals surface area (Å²) in [5.41, 5.74) is 1.31. The highest BCUT2D eigenvalue weighted by molar-refractivity contribution is 7.11. The average Bonchev–Trinajstić information content (AvgIpc) is 2.58. The van der Waals surface area contributed by atoms with E-state index in [4.69, 9.17) is 4.98 Å². The summed E-state index contributed by atoms with van der Waals surface area (Å²) in [5, 5.41) is 4.61. The summed E-state index contributed by atoms with van der Waals surface area (Å²) in [4.78, 5) is 8.43. The van der Waals surface area contributed by atoms with Gasteiger partial charge in [-0.3, -0.25) is 0 Å². The Bertz CT molecular complexity index is 333. The Hall–Kier alpha value is -0.450. The van der Waals surface area contributed by atoms with Gasteiger partial charge in [-0.25, -0.2) is 4.98 Å². The lowest BCUT2D eigenvalue weighted by Gasteiger charge is -2.19. The Morgan fingerprint density at radius 1 is 1.53 bits per heavy atom. The number of aromatic nitrogens is 1. The summed E-state index contributed by atoms with van der Waals surface area (Å²) in [7, 11) is 6.22. The van der Waals surface area contributed by atoms with Gasteiger partial charge in [-0.05, 0) is 40.4 Å². The minimum absolute atomic E-state index is 0.487. The molecule has 0 radical (unpaired) electrons. The number of thiazole rings is 1. The van der Waals surface area contributed by atoms with Gasteiger partial charge in [-0.1, -0.05) is 0 Å². The van der Waals surface area contributed by atoms with Crippen molar-refractivity contribution in [3.63, 3.8) is 0 Å². The first-order valence-corrected chi connectivity index (χ1v) is 6.33. The first-order chi connectivity index (χ1) is 7.20. The zero-order chi connectivity index (χ0) is 10.8. The Morgan fingerprint density at radius 2 is 2.33 bits per heavy atom. The fourth-order valence-corrected chi connectivity index (χ4v) is 3.38. The van der Waals surface area contributed by atoms with Crippen LogP contribution in [-0.4, -0.2) is 31.0 Å². The van der Waals surface area contributed by atoms with Crippen LogP contribution in [0.15, 0.2) is 0 Å². The molecular weight excluding hydrogens is 206 g/mol. The standard InChI is InChI=1S/C11H19N3S/c1-12-8-5-4-6-9-11(8)13-10(15-9)7-14(2)3/h8,12H,4-7H2,1-3H3. The van der Waals surface area contributed by atoms with Crippen LogP contribution in [0.2, 0.25) is 0 Å². The van der Waals surface area contributed by atoms with Crippen LogP contribution in [-0.2, 0) is 13.0 Å². The molecule has 0 bridgehead atoms. The zero-order valence-corrected chi connectivity index (χ0v) is 10.5. The van der Waals surface area contributed by atoms with Crippen molar-refractivity contribution in [2.45, 2.75) is 31.8 Å². The third-order valence-corrected chi connectivity index (χ3v) is 3.91. The largest absolute Gasteiger partial charge is 0.312 e. The highest BCUT2D eigenvalue weighted by Crippen LogP contribution is 2.33. The first-order valence-electron chi connectivity index (χ1n) is 5.51. The summed E-state index contributed by atoms with van der Waals surface area (Å²) in [5.74, 6) is 0. The summed E-state index contributed by atoms with van der Waals surface area (Å²) in [6.07, 6.45) is 3.75. The number of rotatable bonds is 3. The van der Waals surface area contributed by atoms with Crippen molar-refractivity contribution in [1.82, 2.24) is 15.2 Å². The molecule has 3 nitrogen and oxygen atoms in total. The number of aryl methyl sites for hydroxylation is 1. The van der Waals surface area contributed by atoms with E-state index in [1.54, 1.807) is 0 Å². The molecular formula is C11H19N3S. The van der Waals surface area contributed by atoms with Crippen molar-refractivity contribution in [2.24, 2.45) is 0 Å². The van der Waals surface area contributed by atoms with E-state index in [1.165, 1.54) is 34.8 Å². The maximum atomic E-state index is 4.76. The fraction of sp³-hybridized carbons (Fsp3) is 0.727. The summed E-state index contributed by atoms with van der Waals surface area (Å²) >= 11 is 1.89. The highest BCUT2D eigenvalue weighted by Gasteiger charge is 2.23. The molecule has 15 heavy (non-hydrogen) atoms. The van der Waals surface area contributed by atoms with Gasteiger partial charge in [0.05, 0.1) is 11.7 Å². The quantitative estimate of drug-likeness (QED) is 0.850. The second-order valence-corrected chi connectivity index (χ2v) is 5.56. The van der Waals surface area contributed by atoms with Crippen LogP contribution in [0, 0.1) is 0 Å². The summed E-state index contributed by atoms with van der Waals surface area (Å²) in [6, 6.07) is 0.487. The van der Waals surface area contributed by atoms with Crippen molar-refractivity contribution >= 4 is 11.3 Å². The van der Waals surface area contributed by atoms with E-state index >= 15 is 0 Å². The minimum atomic E-state index is 0.487. The topological polar surface area (TPSA) is 28.2 Å². The van der Waals surface area contributed by atoms with Crippen molar-refractivity contribution in [2.75, 3.05) is 21.1 Å². The zero-order valence-electron chi connectivity index (χ0n) is 9.71. The molecule has 1 aliphatic carbocycles. The molecule has 0 saturated carbocycles. The van der Waals surface area contributed by atoms with E-state index in [-0.39, 0.29) is 0 Å². The molecule has 1 aromatic heterocycles. The average molecular weight is 225 g/mol. The lowest BCUT2D eigenvalue weighted by atomic mass is 9.98. The van der Waals surface area contributed by atoms with Crippen LogP contribution in [0.25, 0.3) is 0 Å². The van der Waals surface area contributed by atoms with Gasteiger partial charge in [-0.2, -0.15) is 0 Å². The molecule has 1 heterocycles. The van der Waals surface area contributed by atoms with Gasteiger partial charge in [0.15, 0.2) is 0 Å². The molecule has 1 N–H and O–H groups in total. The molecule has 4 heteroatoms. The maximum absolute atomic E-state index is 4.76. The van der Waals surface area contributed by atoms with Crippen LogP contribution < -0.4 is 5.32 Å². The Labute approximate surface area is 95.5 Å². The van der Waals surface area contributed by atoms with Crippen LogP contribution in [0.5, 0.6) is 0 Å². The van der Waals surface area contributed by atoms with E-state index in [0.717, 1.165) is 6.54 Å². The van der Waals surface area contributed by atoms with Gasteiger partial charge >= 0.3 is 0 Å². The van der Waals surface area contributed by atoms with Crippen molar-refractivity contribution in [3.05, 3.63) is 15.6 Å². The smallest absolute Gasteiger partial charge is 0.107 e. The Kier molecular flexibility index (Phi) is 3.38. The minimum Gasteiger partial charge on any atom is -0.312 e. The molecule has 84 valence electrons.